The molecule has 84 valence electrons. The third-order valence-corrected chi connectivity index (χ3v) is 2.38. The fourth-order valence-electron chi connectivity index (χ4n) is 0.911. The third kappa shape index (κ3) is 3.71. The molecule has 0 bridgehead atoms. The van der Waals surface area contributed by atoms with Gasteiger partial charge >= 0.3 is 0 Å². The molecule has 1 heterocycles. The van der Waals surface area contributed by atoms with E-state index in [9.17, 15) is 4.79 Å². The van der Waals surface area contributed by atoms with E-state index in [1.54, 1.807) is 11.6 Å². The number of nitrogens with zero attached hydrogens (tertiary/aromatic N) is 2. The number of anilines is 1. The van der Waals surface area contributed by atoms with Gasteiger partial charge in [0.05, 0.1) is 0 Å². The first-order valence-electron chi connectivity index (χ1n) is 4.82. The molecule has 0 saturated carbocycles. The summed E-state index contributed by atoms with van der Waals surface area (Å²) in [6, 6.07) is 1.84. The van der Waals surface area contributed by atoms with Crippen LogP contribution in [0.3, 0.4) is 0 Å². The SMILES string of the molecule is CCCNC(=O)/C(C#N)=C\Nc1nccs1. The number of amides is 1. The van der Waals surface area contributed by atoms with Crippen molar-refractivity contribution >= 4 is 22.4 Å². The first-order valence-corrected chi connectivity index (χ1v) is 5.70. The highest BCUT2D eigenvalue weighted by atomic mass is 32.1. The van der Waals surface area contributed by atoms with E-state index < -0.39 is 0 Å². The molecule has 2 N–H and O–H groups in total. The highest BCUT2D eigenvalue weighted by molar-refractivity contribution is 7.13. The van der Waals surface area contributed by atoms with E-state index in [2.05, 4.69) is 15.6 Å². The van der Waals surface area contributed by atoms with Crippen LogP contribution < -0.4 is 10.6 Å². The minimum atomic E-state index is -0.367. The Morgan fingerprint density at radius 1 is 1.75 bits per heavy atom. The van der Waals surface area contributed by atoms with Crippen LogP contribution in [0.25, 0.3) is 0 Å². The Labute approximate surface area is 97.8 Å². The Kier molecular flexibility index (Phi) is 5.02. The van der Waals surface area contributed by atoms with Crippen molar-refractivity contribution in [3.05, 3.63) is 23.3 Å². The van der Waals surface area contributed by atoms with Crippen LogP contribution in [0.15, 0.2) is 23.3 Å². The molecule has 1 rings (SSSR count). The lowest BCUT2D eigenvalue weighted by Crippen LogP contribution is -2.25. The van der Waals surface area contributed by atoms with Gasteiger partial charge in [0, 0.05) is 24.3 Å². The average molecular weight is 236 g/mol. The maximum Gasteiger partial charge on any atom is 0.263 e. The van der Waals surface area contributed by atoms with E-state index in [0.717, 1.165) is 6.42 Å². The van der Waals surface area contributed by atoms with Crippen molar-refractivity contribution in [3.8, 4) is 6.07 Å². The molecule has 0 spiro atoms. The molecule has 0 aliphatic heterocycles. The maximum atomic E-state index is 11.4. The van der Waals surface area contributed by atoms with Gasteiger partial charge in [-0.05, 0) is 6.42 Å². The lowest BCUT2D eigenvalue weighted by atomic mass is 10.3. The van der Waals surface area contributed by atoms with E-state index in [0.29, 0.717) is 11.7 Å². The van der Waals surface area contributed by atoms with Crippen molar-refractivity contribution in [3.63, 3.8) is 0 Å². The van der Waals surface area contributed by atoms with Crippen LogP contribution in [0.5, 0.6) is 0 Å². The number of nitriles is 1. The Morgan fingerprint density at radius 3 is 3.12 bits per heavy atom. The molecule has 5 nitrogen and oxygen atoms in total. The van der Waals surface area contributed by atoms with Gasteiger partial charge in [0.15, 0.2) is 5.13 Å². The van der Waals surface area contributed by atoms with Crippen LogP contribution in [0.4, 0.5) is 5.13 Å². The summed E-state index contributed by atoms with van der Waals surface area (Å²) < 4.78 is 0. The average Bonchev–Trinajstić information content (AvgIpc) is 2.80. The van der Waals surface area contributed by atoms with Gasteiger partial charge in [-0.1, -0.05) is 6.92 Å². The fraction of sp³-hybridized carbons (Fsp3) is 0.300. The number of hydrogen-bond acceptors (Lipinski definition) is 5. The minimum Gasteiger partial charge on any atom is -0.351 e. The summed E-state index contributed by atoms with van der Waals surface area (Å²) in [6.45, 7) is 2.51. The quantitative estimate of drug-likeness (QED) is 0.599. The lowest BCUT2D eigenvalue weighted by Gasteiger charge is -2.01. The summed E-state index contributed by atoms with van der Waals surface area (Å²) in [7, 11) is 0. The van der Waals surface area contributed by atoms with Crippen LogP contribution in [0.1, 0.15) is 13.3 Å². The van der Waals surface area contributed by atoms with E-state index in [4.69, 9.17) is 5.26 Å². The van der Waals surface area contributed by atoms with Crippen molar-refractivity contribution in [2.75, 3.05) is 11.9 Å². The van der Waals surface area contributed by atoms with Crippen LogP contribution >= 0.6 is 11.3 Å². The number of carbonyl (C=O) groups excluding carboxylic acids is 1. The number of carbonyl (C=O) groups is 1. The van der Waals surface area contributed by atoms with Crippen molar-refractivity contribution < 1.29 is 4.79 Å². The van der Waals surface area contributed by atoms with Gasteiger partial charge in [-0.25, -0.2) is 4.98 Å². The van der Waals surface area contributed by atoms with Gasteiger partial charge in [-0.3, -0.25) is 4.79 Å². The molecule has 6 heteroatoms. The molecule has 0 saturated heterocycles. The molecule has 1 amide bonds. The highest BCUT2D eigenvalue weighted by Gasteiger charge is 2.07. The van der Waals surface area contributed by atoms with E-state index in [-0.39, 0.29) is 11.5 Å². The molecule has 0 aliphatic carbocycles. The number of hydrogen-bond donors (Lipinski definition) is 2. The molecule has 0 aliphatic rings. The second-order valence-corrected chi connectivity index (χ2v) is 3.80. The molecule has 1 aromatic rings. The minimum absolute atomic E-state index is 0.0450. The first kappa shape index (κ1) is 12.2. The Bertz CT molecular complexity index is 405. The van der Waals surface area contributed by atoms with Crippen LogP contribution in [0, 0.1) is 11.3 Å². The predicted molar refractivity (Wildman–Crippen MR) is 62.7 cm³/mol. The molecular weight excluding hydrogens is 224 g/mol. The Morgan fingerprint density at radius 2 is 2.56 bits per heavy atom. The largest absolute Gasteiger partial charge is 0.351 e. The zero-order valence-electron chi connectivity index (χ0n) is 8.86. The summed E-state index contributed by atoms with van der Waals surface area (Å²) in [5, 5.41) is 16.7. The Balaban J connectivity index is 2.57. The number of aromatic nitrogens is 1. The smallest absolute Gasteiger partial charge is 0.263 e. The molecular formula is C10H12N4OS. The van der Waals surface area contributed by atoms with Gasteiger partial charge in [0.25, 0.3) is 5.91 Å². The zero-order valence-corrected chi connectivity index (χ0v) is 9.67. The monoisotopic (exact) mass is 236 g/mol. The van der Waals surface area contributed by atoms with Crippen LogP contribution in [-0.4, -0.2) is 17.4 Å². The standard InChI is InChI=1S/C10H12N4OS/c1-2-3-12-9(15)8(6-11)7-14-10-13-4-5-16-10/h4-5,7H,2-3H2,1H3,(H,12,15)(H,13,14)/b8-7-. The second-order valence-electron chi connectivity index (χ2n) is 2.91. The number of thiazole rings is 1. The van der Waals surface area contributed by atoms with Crippen molar-refractivity contribution in [2.24, 2.45) is 0 Å². The summed E-state index contributed by atoms with van der Waals surface area (Å²) in [5.41, 5.74) is 0.0450. The summed E-state index contributed by atoms with van der Waals surface area (Å²) in [5.74, 6) is -0.367. The number of nitrogens with one attached hydrogen (secondary N) is 2. The molecule has 0 fully saturated rings. The maximum absolute atomic E-state index is 11.4. The van der Waals surface area contributed by atoms with E-state index >= 15 is 0 Å². The topological polar surface area (TPSA) is 77.8 Å². The lowest BCUT2D eigenvalue weighted by molar-refractivity contribution is -0.117. The normalized spacial score (nSPS) is 10.6. The zero-order chi connectivity index (χ0) is 11.8. The van der Waals surface area contributed by atoms with Crippen LogP contribution in [-0.2, 0) is 4.79 Å². The summed E-state index contributed by atoms with van der Waals surface area (Å²) >= 11 is 1.40. The molecule has 0 radical (unpaired) electrons. The summed E-state index contributed by atoms with van der Waals surface area (Å²) in [6.07, 6.45) is 3.85. The van der Waals surface area contributed by atoms with Gasteiger partial charge in [0.1, 0.15) is 11.6 Å². The van der Waals surface area contributed by atoms with Crippen molar-refractivity contribution in [2.45, 2.75) is 13.3 Å². The van der Waals surface area contributed by atoms with Gasteiger partial charge in [-0.2, -0.15) is 5.26 Å². The van der Waals surface area contributed by atoms with Crippen LogP contribution in [0.2, 0.25) is 0 Å². The predicted octanol–water partition coefficient (Wildman–Crippen LogP) is 1.49. The first-order chi connectivity index (χ1) is 7.77. The highest BCUT2D eigenvalue weighted by Crippen LogP contribution is 2.10. The summed E-state index contributed by atoms with van der Waals surface area (Å²) in [4.78, 5) is 15.4. The Hall–Kier alpha value is -1.87. The van der Waals surface area contributed by atoms with E-state index in [1.807, 2.05) is 13.0 Å². The molecule has 0 unspecified atom stereocenters. The third-order valence-electron chi connectivity index (χ3n) is 1.67. The van der Waals surface area contributed by atoms with Gasteiger partial charge in [-0.15, -0.1) is 11.3 Å². The van der Waals surface area contributed by atoms with Crippen molar-refractivity contribution in [1.82, 2.24) is 10.3 Å². The molecule has 16 heavy (non-hydrogen) atoms. The van der Waals surface area contributed by atoms with Crippen molar-refractivity contribution in [1.29, 1.82) is 5.26 Å². The molecule has 0 aromatic carbocycles. The van der Waals surface area contributed by atoms with Gasteiger partial charge in [0.2, 0.25) is 0 Å². The molecule has 0 atom stereocenters. The second kappa shape index (κ2) is 6.58. The number of rotatable bonds is 5. The molecule has 1 aromatic heterocycles. The fourth-order valence-corrected chi connectivity index (χ4v) is 1.41. The van der Waals surface area contributed by atoms with E-state index in [1.165, 1.54) is 17.5 Å². The van der Waals surface area contributed by atoms with Gasteiger partial charge < -0.3 is 10.6 Å².